The zero-order chi connectivity index (χ0) is 27.9. The number of ether oxygens (including phenoxy) is 3. The van der Waals surface area contributed by atoms with E-state index < -0.39 is 59.2 Å². The molecule has 0 spiro atoms. The van der Waals surface area contributed by atoms with Crippen molar-refractivity contribution in [3.63, 3.8) is 0 Å². The van der Waals surface area contributed by atoms with Crippen LogP contribution >= 0.6 is 0 Å². The summed E-state index contributed by atoms with van der Waals surface area (Å²) in [6.07, 6.45) is 0.686. The molecule has 218 valence electrons. The molecule has 10 nitrogen and oxygen atoms in total. The number of aliphatic hydroxyl groups is 5. The van der Waals surface area contributed by atoms with Crippen LogP contribution in [0.2, 0.25) is 0 Å². The zero-order valence-corrected chi connectivity index (χ0v) is 22.6. The van der Waals surface area contributed by atoms with E-state index in [0.29, 0.717) is 25.7 Å². The van der Waals surface area contributed by atoms with Gasteiger partial charge >= 0.3 is 5.97 Å². The molecule has 0 radical (unpaired) electrons. The van der Waals surface area contributed by atoms with E-state index in [1.807, 2.05) is 6.92 Å². The molecule has 1 saturated heterocycles. The van der Waals surface area contributed by atoms with Crippen LogP contribution < -0.4 is 0 Å². The van der Waals surface area contributed by atoms with Crippen molar-refractivity contribution in [1.29, 1.82) is 0 Å². The third-order valence-electron chi connectivity index (χ3n) is 11.8. The number of fused-ring (bicyclic) bond motifs is 5. The van der Waals surface area contributed by atoms with Crippen LogP contribution in [0.1, 0.15) is 65.2 Å². The Balaban J connectivity index is 1.21. The van der Waals surface area contributed by atoms with Crippen LogP contribution in [-0.2, 0) is 23.8 Å². The van der Waals surface area contributed by atoms with Gasteiger partial charge in [0.25, 0.3) is 0 Å². The third kappa shape index (κ3) is 3.93. The number of hydrogen-bond acceptors (Lipinski definition) is 10. The van der Waals surface area contributed by atoms with Gasteiger partial charge in [0.15, 0.2) is 6.29 Å². The molecule has 4 aliphatic carbocycles. The molecule has 14 atom stereocenters. The molecule has 4 saturated carbocycles. The molecule has 39 heavy (non-hydrogen) atoms. The van der Waals surface area contributed by atoms with Crippen LogP contribution in [-0.4, -0.2) is 92.9 Å². The number of cyclic esters (lactones) is 1. The van der Waals surface area contributed by atoms with Gasteiger partial charge < -0.3 is 44.5 Å². The van der Waals surface area contributed by atoms with Crippen molar-refractivity contribution in [2.75, 3.05) is 6.61 Å². The Kier molecular flexibility index (Phi) is 6.81. The normalized spacial score (nSPS) is 55.2. The summed E-state index contributed by atoms with van der Waals surface area (Å²) in [6.45, 7) is 3.80. The van der Waals surface area contributed by atoms with Crippen molar-refractivity contribution in [3.8, 4) is 0 Å². The summed E-state index contributed by atoms with van der Waals surface area (Å²) in [5.74, 6) is -0.892. The SMILES string of the molecule is C[C@@H]1O[C@@H](O[C@@H]2CC[C@]3(C=O)[C@H](CC[C@@H]4[C@@H]3CC[C@@]3(C)[C@@H](C5=CC(=O)OC5)[C@@H](O)C[C@@]43O)C2)[C@H](O)[C@H](O)[C@H]1O. The number of aliphatic hydroxyl groups excluding tert-OH is 4. The van der Waals surface area contributed by atoms with Gasteiger partial charge in [0, 0.05) is 29.2 Å². The Hall–Kier alpha value is -1.40. The van der Waals surface area contributed by atoms with Gasteiger partial charge in [-0.15, -0.1) is 0 Å². The first-order valence-electron chi connectivity index (χ1n) is 14.5. The predicted molar refractivity (Wildman–Crippen MR) is 135 cm³/mol. The van der Waals surface area contributed by atoms with E-state index >= 15 is 0 Å². The van der Waals surface area contributed by atoms with Gasteiger partial charge in [-0.25, -0.2) is 4.79 Å². The molecule has 6 rings (SSSR count). The minimum Gasteiger partial charge on any atom is -0.458 e. The van der Waals surface area contributed by atoms with E-state index in [1.54, 1.807) is 6.92 Å². The number of esters is 1. The van der Waals surface area contributed by atoms with Gasteiger partial charge in [-0.1, -0.05) is 6.92 Å². The Labute approximate surface area is 228 Å². The second-order valence-electron chi connectivity index (χ2n) is 13.4. The van der Waals surface area contributed by atoms with E-state index in [0.717, 1.165) is 31.1 Å². The van der Waals surface area contributed by atoms with Gasteiger partial charge in [-0.2, -0.15) is 0 Å². The number of rotatable bonds is 4. The van der Waals surface area contributed by atoms with Crippen molar-refractivity contribution < 1.29 is 49.3 Å². The van der Waals surface area contributed by atoms with Crippen molar-refractivity contribution in [2.24, 2.45) is 34.5 Å². The molecule has 2 heterocycles. The summed E-state index contributed by atoms with van der Waals surface area (Å²) in [6, 6.07) is 0. The maximum atomic E-state index is 12.9. The van der Waals surface area contributed by atoms with Crippen LogP contribution in [0.25, 0.3) is 0 Å². The van der Waals surface area contributed by atoms with Crippen LogP contribution in [0.5, 0.6) is 0 Å². The van der Waals surface area contributed by atoms with Crippen LogP contribution in [0, 0.1) is 34.5 Å². The fourth-order valence-electron chi connectivity index (χ4n) is 9.82. The quantitative estimate of drug-likeness (QED) is 0.190. The second kappa shape index (κ2) is 9.58. The van der Waals surface area contributed by atoms with Gasteiger partial charge in [-0.3, -0.25) is 0 Å². The highest BCUT2D eigenvalue weighted by atomic mass is 16.7. The molecule has 0 aromatic rings. The van der Waals surface area contributed by atoms with Crippen molar-refractivity contribution in [1.82, 2.24) is 0 Å². The Bertz CT molecular complexity index is 1030. The molecule has 0 bridgehead atoms. The summed E-state index contributed by atoms with van der Waals surface area (Å²) in [5.41, 5.74) is -1.64. The maximum absolute atomic E-state index is 12.9. The van der Waals surface area contributed by atoms with E-state index in [-0.39, 0.29) is 42.8 Å². The van der Waals surface area contributed by atoms with E-state index in [2.05, 4.69) is 0 Å². The summed E-state index contributed by atoms with van der Waals surface area (Å²) in [7, 11) is 0. The summed E-state index contributed by atoms with van der Waals surface area (Å²) in [5, 5.41) is 54.1. The van der Waals surface area contributed by atoms with Gasteiger partial charge in [0.1, 0.15) is 31.2 Å². The van der Waals surface area contributed by atoms with Crippen molar-refractivity contribution in [2.45, 2.75) is 114 Å². The molecule has 5 fully saturated rings. The second-order valence-corrected chi connectivity index (χ2v) is 13.4. The van der Waals surface area contributed by atoms with Gasteiger partial charge in [0.05, 0.1) is 23.9 Å². The topological polar surface area (TPSA) is 163 Å². The first kappa shape index (κ1) is 27.8. The zero-order valence-electron chi connectivity index (χ0n) is 22.6. The first-order valence-corrected chi connectivity index (χ1v) is 14.5. The summed E-state index contributed by atoms with van der Waals surface area (Å²) in [4.78, 5) is 24.7. The Morgan fingerprint density at radius 1 is 1.03 bits per heavy atom. The summed E-state index contributed by atoms with van der Waals surface area (Å²) >= 11 is 0. The number of hydrogen-bond donors (Lipinski definition) is 5. The van der Waals surface area contributed by atoms with Crippen molar-refractivity contribution in [3.05, 3.63) is 11.6 Å². The molecule has 6 aliphatic rings. The number of carbonyl (C=O) groups is 2. The fourth-order valence-corrected chi connectivity index (χ4v) is 9.82. The van der Waals surface area contributed by atoms with Gasteiger partial charge in [-0.05, 0) is 75.2 Å². The molecular weight excluding hydrogens is 508 g/mol. The van der Waals surface area contributed by atoms with E-state index in [1.165, 1.54) is 6.08 Å². The minimum absolute atomic E-state index is 0.0253. The molecule has 0 unspecified atom stereocenters. The average molecular weight is 551 g/mol. The molecule has 5 N–H and O–H groups in total. The molecular formula is C29H42O10. The smallest absolute Gasteiger partial charge is 0.331 e. The fraction of sp³-hybridized carbons (Fsp3) is 0.862. The lowest BCUT2D eigenvalue weighted by molar-refractivity contribution is -0.309. The molecule has 0 aromatic heterocycles. The molecule has 10 heteroatoms. The van der Waals surface area contributed by atoms with Crippen LogP contribution in [0.4, 0.5) is 0 Å². The van der Waals surface area contributed by atoms with Crippen molar-refractivity contribution >= 4 is 12.3 Å². The number of aldehydes is 1. The standard InChI is InChI=1S/C29H42O10/c1-14-23(33)24(34)25(35)26(38-14)39-17-5-8-28(13-30)16(10-17)3-4-19-18(28)6-7-27(2)22(15-9-21(32)37-12-15)20(31)11-29(19,27)36/h9,13-14,16-20,22-26,31,33-36H,3-8,10-12H2,1-2H3/t14-,16+,17+,18-,19+,20-,22-,23-,24+,25+,26-,27-,28-,29+/m0/s1. The lowest BCUT2D eigenvalue weighted by atomic mass is 9.43. The number of carbonyl (C=O) groups excluding carboxylic acids is 2. The maximum Gasteiger partial charge on any atom is 0.331 e. The van der Waals surface area contributed by atoms with E-state index in [4.69, 9.17) is 14.2 Å². The van der Waals surface area contributed by atoms with Crippen LogP contribution in [0.15, 0.2) is 11.6 Å². The monoisotopic (exact) mass is 550 g/mol. The Morgan fingerprint density at radius 3 is 2.49 bits per heavy atom. The molecule has 0 amide bonds. The highest BCUT2D eigenvalue weighted by Crippen LogP contribution is 2.69. The van der Waals surface area contributed by atoms with Gasteiger partial charge in [0.2, 0.25) is 0 Å². The minimum atomic E-state index is -1.37. The largest absolute Gasteiger partial charge is 0.458 e. The van der Waals surface area contributed by atoms with Crippen LogP contribution in [0.3, 0.4) is 0 Å². The highest BCUT2D eigenvalue weighted by Gasteiger charge is 2.70. The predicted octanol–water partition coefficient (Wildman–Crippen LogP) is 0.606. The molecule has 0 aromatic carbocycles. The lowest BCUT2D eigenvalue weighted by Crippen LogP contribution is -2.63. The van der Waals surface area contributed by atoms with E-state index in [9.17, 15) is 35.1 Å². The highest BCUT2D eigenvalue weighted by molar-refractivity contribution is 5.85. The third-order valence-corrected chi connectivity index (χ3v) is 11.8. The lowest BCUT2D eigenvalue weighted by Gasteiger charge is -2.63. The molecule has 2 aliphatic heterocycles. The Morgan fingerprint density at radius 2 is 1.79 bits per heavy atom. The first-order chi connectivity index (χ1) is 18.4. The average Bonchev–Trinajstić information content (AvgIpc) is 3.41. The summed E-state index contributed by atoms with van der Waals surface area (Å²) < 4.78 is 16.9.